The van der Waals surface area contributed by atoms with E-state index < -0.39 is 12.1 Å². The molecule has 0 aromatic heterocycles. The lowest BCUT2D eigenvalue weighted by molar-refractivity contribution is -0.146. The first kappa shape index (κ1) is 21.0. The molecule has 0 saturated carbocycles. The van der Waals surface area contributed by atoms with Crippen LogP contribution in [0, 0.1) is 0 Å². The number of hydrogen-bond donors (Lipinski definition) is 3. The average molecular weight is 364 g/mol. The number of benzene rings is 1. The topological polar surface area (TPSA) is 114 Å². The number of esters is 1. The summed E-state index contributed by atoms with van der Waals surface area (Å²) in [6.07, 6.45) is 2.74. The fourth-order valence-corrected chi connectivity index (χ4v) is 2.09. The molecule has 1 aromatic rings. The molecule has 0 spiro atoms. The number of aromatic hydroxyl groups is 1. The molecule has 3 N–H and O–H groups in total. The van der Waals surface area contributed by atoms with Crippen LogP contribution in [-0.4, -0.2) is 49.2 Å². The van der Waals surface area contributed by atoms with Crippen molar-refractivity contribution >= 4 is 23.9 Å². The van der Waals surface area contributed by atoms with Crippen molar-refractivity contribution in [1.82, 2.24) is 10.6 Å². The molecule has 0 fully saturated rings. The highest BCUT2D eigenvalue weighted by atomic mass is 16.5. The van der Waals surface area contributed by atoms with Crippen LogP contribution in [0.1, 0.15) is 25.8 Å². The van der Waals surface area contributed by atoms with Gasteiger partial charge >= 0.3 is 5.97 Å². The Morgan fingerprint density at radius 1 is 1.23 bits per heavy atom. The molecule has 0 bridgehead atoms. The van der Waals surface area contributed by atoms with Crippen molar-refractivity contribution in [2.24, 2.45) is 0 Å². The van der Waals surface area contributed by atoms with Gasteiger partial charge in [-0.15, -0.1) is 0 Å². The summed E-state index contributed by atoms with van der Waals surface area (Å²) in [7, 11) is 1.44. The van der Waals surface area contributed by atoms with Crippen LogP contribution in [0.25, 0.3) is 6.08 Å². The van der Waals surface area contributed by atoms with Crippen LogP contribution in [0.4, 0.5) is 0 Å². The van der Waals surface area contributed by atoms with Gasteiger partial charge in [-0.1, -0.05) is 6.07 Å². The Kier molecular flexibility index (Phi) is 8.69. The molecule has 26 heavy (non-hydrogen) atoms. The fraction of sp³-hybridized carbons (Fsp3) is 0.389. The minimum absolute atomic E-state index is 0.0116. The molecule has 0 aliphatic heterocycles. The standard InChI is InChI=1S/C18H24N2O6/c1-12(21)19-9-8-15(26-13(2)22)11-20-18(24)7-5-14-4-6-16(23)17(10-14)25-3/h4-7,10,15,23H,8-9,11H2,1-3H3,(H,19,21)(H,20,24)/b7-5+/t15-/m1/s1. The molecule has 0 unspecified atom stereocenters. The lowest BCUT2D eigenvalue weighted by Gasteiger charge is -2.17. The summed E-state index contributed by atoms with van der Waals surface area (Å²) in [4.78, 5) is 33.9. The van der Waals surface area contributed by atoms with E-state index in [1.807, 2.05) is 0 Å². The average Bonchev–Trinajstić information content (AvgIpc) is 2.58. The Balaban J connectivity index is 2.55. The van der Waals surface area contributed by atoms with E-state index in [0.29, 0.717) is 24.3 Å². The SMILES string of the molecule is COc1cc(/C=C/C(=O)NC[C@@H](CCNC(C)=O)OC(C)=O)ccc1O. The van der Waals surface area contributed by atoms with Gasteiger partial charge in [0.15, 0.2) is 11.5 Å². The van der Waals surface area contributed by atoms with Gasteiger partial charge in [0.1, 0.15) is 6.10 Å². The molecule has 1 aromatic carbocycles. The fourth-order valence-electron chi connectivity index (χ4n) is 2.09. The summed E-state index contributed by atoms with van der Waals surface area (Å²) in [6, 6.07) is 4.69. The predicted octanol–water partition coefficient (Wildman–Crippen LogP) is 0.988. The second-order valence-corrected chi connectivity index (χ2v) is 5.51. The Labute approximate surface area is 152 Å². The minimum atomic E-state index is -0.537. The first-order chi connectivity index (χ1) is 12.3. The van der Waals surface area contributed by atoms with Gasteiger partial charge in [-0.2, -0.15) is 0 Å². The Morgan fingerprint density at radius 3 is 2.58 bits per heavy atom. The van der Waals surface area contributed by atoms with Crippen molar-refractivity contribution in [3.8, 4) is 11.5 Å². The zero-order valence-electron chi connectivity index (χ0n) is 15.1. The summed E-state index contributed by atoms with van der Waals surface area (Å²) >= 11 is 0. The molecule has 1 atom stereocenters. The third-order valence-corrected chi connectivity index (χ3v) is 3.31. The summed E-state index contributed by atoms with van der Waals surface area (Å²) in [5, 5.41) is 14.8. The van der Waals surface area contributed by atoms with E-state index in [1.54, 1.807) is 18.2 Å². The Morgan fingerprint density at radius 2 is 1.96 bits per heavy atom. The largest absolute Gasteiger partial charge is 0.504 e. The van der Waals surface area contributed by atoms with E-state index in [2.05, 4.69) is 10.6 Å². The number of rotatable bonds is 9. The van der Waals surface area contributed by atoms with Crippen molar-refractivity contribution in [1.29, 1.82) is 0 Å². The Bertz CT molecular complexity index is 672. The van der Waals surface area contributed by atoms with E-state index in [4.69, 9.17) is 9.47 Å². The lowest BCUT2D eigenvalue weighted by Crippen LogP contribution is -2.36. The molecule has 1 rings (SSSR count). The van der Waals surface area contributed by atoms with Crippen LogP contribution in [0.5, 0.6) is 11.5 Å². The smallest absolute Gasteiger partial charge is 0.302 e. The highest BCUT2D eigenvalue weighted by Gasteiger charge is 2.13. The third-order valence-electron chi connectivity index (χ3n) is 3.31. The van der Waals surface area contributed by atoms with Crippen LogP contribution in [-0.2, 0) is 19.1 Å². The molecule has 0 aliphatic rings. The molecular formula is C18H24N2O6. The van der Waals surface area contributed by atoms with Crippen molar-refractivity contribution in [3.05, 3.63) is 29.8 Å². The number of carbonyl (C=O) groups is 3. The maximum atomic E-state index is 11.9. The van der Waals surface area contributed by atoms with Crippen molar-refractivity contribution in [2.45, 2.75) is 26.4 Å². The first-order valence-electron chi connectivity index (χ1n) is 8.06. The summed E-state index contributed by atoms with van der Waals surface area (Å²) in [6.45, 7) is 3.14. The van der Waals surface area contributed by atoms with Gasteiger partial charge in [-0.05, 0) is 23.8 Å². The van der Waals surface area contributed by atoms with Gasteiger partial charge in [0.25, 0.3) is 0 Å². The molecule has 0 radical (unpaired) electrons. The number of amides is 2. The second-order valence-electron chi connectivity index (χ2n) is 5.51. The monoisotopic (exact) mass is 364 g/mol. The molecule has 0 heterocycles. The van der Waals surface area contributed by atoms with Crippen LogP contribution < -0.4 is 15.4 Å². The summed E-state index contributed by atoms with van der Waals surface area (Å²) in [5.41, 5.74) is 0.678. The van der Waals surface area contributed by atoms with E-state index >= 15 is 0 Å². The van der Waals surface area contributed by atoms with Gasteiger partial charge in [0, 0.05) is 32.9 Å². The van der Waals surface area contributed by atoms with Crippen molar-refractivity contribution in [2.75, 3.05) is 20.2 Å². The zero-order chi connectivity index (χ0) is 19.5. The van der Waals surface area contributed by atoms with Crippen LogP contribution in [0.2, 0.25) is 0 Å². The first-order valence-corrected chi connectivity index (χ1v) is 8.06. The number of carbonyl (C=O) groups excluding carboxylic acids is 3. The molecular weight excluding hydrogens is 340 g/mol. The van der Waals surface area contributed by atoms with E-state index in [1.165, 1.54) is 33.1 Å². The van der Waals surface area contributed by atoms with Gasteiger partial charge in [0.2, 0.25) is 11.8 Å². The number of methoxy groups -OCH3 is 1. The summed E-state index contributed by atoms with van der Waals surface area (Å²) in [5.74, 6) is -0.687. The maximum absolute atomic E-state index is 11.9. The zero-order valence-corrected chi connectivity index (χ0v) is 15.1. The van der Waals surface area contributed by atoms with Gasteiger partial charge in [-0.3, -0.25) is 14.4 Å². The predicted molar refractivity (Wildman–Crippen MR) is 95.6 cm³/mol. The van der Waals surface area contributed by atoms with E-state index in [-0.39, 0.29) is 24.1 Å². The molecule has 0 aliphatic carbocycles. The summed E-state index contributed by atoms with van der Waals surface area (Å²) < 4.78 is 10.1. The van der Waals surface area contributed by atoms with Crippen molar-refractivity contribution < 1.29 is 29.0 Å². The number of nitrogens with one attached hydrogen (secondary N) is 2. The van der Waals surface area contributed by atoms with Crippen LogP contribution in [0.3, 0.4) is 0 Å². The normalized spacial score (nSPS) is 11.7. The molecule has 142 valence electrons. The molecule has 8 heteroatoms. The van der Waals surface area contributed by atoms with Gasteiger partial charge in [-0.25, -0.2) is 0 Å². The number of ether oxygens (including phenoxy) is 2. The Hall–Kier alpha value is -3.03. The second kappa shape index (κ2) is 10.8. The number of phenols is 1. The molecule has 0 saturated heterocycles. The van der Waals surface area contributed by atoms with Crippen molar-refractivity contribution in [3.63, 3.8) is 0 Å². The van der Waals surface area contributed by atoms with Crippen LogP contribution >= 0.6 is 0 Å². The van der Waals surface area contributed by atoms with Gasteiger partial charge in [0.05, 0.1) is 13.7 Å². The van der Waals surface area contributed by atoms with Gasteiger partial charge < -0.3 is 25.2 Å². The lowest BCUT2D eigenvalue weighted by atomic mass is 10.2. The quantitative estimate of drug-likeness (QED) is 0.445. The number of phenolic OH excluding ortho intramolecular Hbond substituents is 1. The van der Waals surface area contributed by atoms with E-state index in [0.717, 1.165) is 0 Å². The molecule has 2 amide bonds. The minimum Gasteiger partial charge on any atom is -0.504 e. The molecule has 8 nitrogen and oxygen atoms in total. The maximum Gasteiger partial charge on any atom is 0.302 e. The number of hydrogen-bond acceptors (Lipinski definition) is 6. The highest BCUT2D eigenvalue weighted by molar-refractivity contribution is 5.91. The van der Waals surface area contributed by atoms with E-state index in [9.17, 15) is 19.5 Å². The van der Waals surface area contributed by atoms with Crippen LogP contribution in [0.15, 0.2) is 24.3 Å². The third kappa shape index (κ3) is 8.18. The highest BCUT2D eigenvalue weighted by Crippen LogP contribution is 2.26.